The van der Waals surface area contributed by atoms with Crippen LogP contribution in [-0.4, -0.2) is 42.7 Å². The van der Waals surface area contributed by atoms with Crippen molar-refractivity contribution in [3.05, 3.63) is 53.7 Å². The number of nitrogens with zero attached hydrogens (tertiary/aromatic N) is 4. The molecular weight excluding hydrogens is 312 g/mol. The van der Waals surface area contributed by atoms with Gasteiger partial charge in [0, 0.05) is 38.9 Å². The van der Waals surface area contributed by atoms with E-state index in [0.717, 1.165) is 57.3 Å². The summed E-state index contributed by atoms with van der Waals surface area (Å²) in [5, 5.41) is 9.23. The Kier molecular flexibility index (Phi) is 5.86. The van der Waals surface area contributed by atoms with Gasteiger partial charge in [0.1, 0.15) is 17.6 Å². The smallest absolute Gasteiger partial charge is 0.146 e. The fourth-order valence-corrected chi connectivity index (χ4v) is 3.02. The van der Waals surface area contributed by atoms with Gasteiger partial charge < -0.3 is 9.64 Å². The lowest BCUT2D eigenvalue weighted by Crippen LogP contribution is -2.46. The van der Waals surface area contributed by atoms with Crippen LogP contribution in [0.1, 0.15) is 24.5 Å². The minimum atomic E-state index is 0.651. The minimum absolute atomic E-state index is 0.651. The first-order chi connectivity index (χ1) is 12.3. The van der Waals surface area contributed by atoms with Crippen LogP contribution in [0.3, 0.4) is 0 Å². The third-order valence-corrected chi connectivity index (χ3v) is 4.38. The Hall–Kier alpha value is -2.58. The van der Waals surface area contributed by atoms with Crippen LogP contribution in [0, 0.1) is 11.3 Å². The Bertz CT molecular complexity index is 715. The molecule has 5 heteroatoms. The van der Waals surface area contributed by atoms with Gasteiger partial charge in [0.25, 0.3) is 0 Å². The number of nitriles is 1. The third-order valence-electron chi connectivity index (χ3n) is 4.38. The fraction of sp³-hybridized carbons (Fsp3) is 0.400. The Labute approximate surface area is 149 Å². The zero-order valence-electron chi connectivity index (χ0n) is 14.7. The first-order valence-electron chi connectivity index (χ1n) is 8.84. The van der Waals surface area contributed by atoms with Gasteiger partial charge in [0.15, 0.2) is 0 Å². The topological polar surface area (TPSA) is 52.4 Å². The van der Waals surface area contributed by atoms with E-state index in [9.17, 15) is 5.26 Å². The van der Waals surface area contributed by atoms with Crippen LogP contribution in [-0.2, 0) is 6.54 Å². The number of pyridine rings is 1. The highest BCUT2D eigenvalue weighted by atomic mass is 16.5. The largest absolute Gasteiger partial charge is 0.494 e. The molecule has 0 aliphatic carbocycles. The van der Waals surface area contributed by atoms with Crippen LogP contribution in [0.5, 0.6) is 5.75 Å². The number of piperazine rings is 1. The SMILES string of the molecule is CCCOc1ccc(CN2CCN(c3ncccc3C#N)CC2)cc1. The maximum absolute atomic E-state index is 9.23. The molecule has 0 radical (unpaired) electrons. The van der Waals surface area contributed by atoms with Gasteiger partial charge in [0.05, 0.1) is 12.2 Å². The van der Waals surface area contributed by atoms with Crippen LogP contribution in [0.25, 0.3) is 0 Å². The van der Waals surface area contributed by atoms with E-state index >= 15 is 0 Å². The van der Waals surface area contributed by atoms with Gasteiger partial charge in [-0.1, -0.05) is 19.1 Å². The molecule has 2 aromatic rings. The molecule has 130 valence electrons. The molecule has 0 spiro atoms. The summed E-state index contributed by atoms with van der Waals surface area (Å²) in [6.45, 7) is 7.53. The van der Waals surface area contributed by atoms with Crippen LogP contribution in [0.4, 0.5) is 5.82 Å². The standard InChI is InChI=1S/C20H24N4O/c1-2-14-25-19-7-5-17(6-8-19)16-23-10-12-24(13-11-23)20-18(15-21)4-3-9-22-20/h3-9H,2,10-14,16H2,1H3. The third kappa shape index (κ3) is 4.49. The van der Waals surface area contributed by atoms with Gasteiger partial charge in [-0.05, 0) is 36.2 Å². The van der Waals surface area contributed by atoms with E-state index < -0.39 is 0 Å². The van der Waals surface area contributed by atoms with E-state index in [1.165, 1.54) is 5.56 Å². The van der Waals surface area contributed by atoms with Crippen LogP contribution in [0.15, 0.2) is 42.6 Å². The number of benzene rings is 1. The summed E-state index contributed by atoms with van der Waals surface area (Å²) in [5.74, 6) is 1.75. The molecular formula is C20H24N4O. The summed E-state index contributed by atoms with van der Waals surface area (Å²) in [5.41, 5.74) is 1.95. The predicted octanol–water partition coefficient (Wildman–Crippen LogP) is 3.06. The second kappa shape index (κ2) is 8.50. The van der Waals surface area contributed by atoms with Crippen molar-refractivity contribution in [1.82, 2.24) is 9.88 Å². The normalized spacial score (nSPS) is 15.0. The van der Waals surface area contributed by atoms with Crippen molar-refractivity contribution in [3.63, 3.8) is 0 Å². The molecule has 3 rings (SSSR count). The lowest BCUT2D eigenvalue weighted by atomic mass is 10.2. The van der Waals surface area contributed by atoms with Gasteiger partial charge >= 0.3 is 0 Å². The van der Waals surface area contributed by atoms with E-state index in [4.69, 9.17) is 4.74 Å². The van der Waals surface area contributed by atoms with Crippen LogP contribution < -0.4 is 9.64 Å². The highest BCUT2D eigenvalue weighted by Crippen LogP contribution is 2.19. The lowest BCUT2D eigenvalue weighted by Gasteiger charge is -2.35. The van der Waals surface area contributed by atoms with Crippen molar-refractivity contribution in [1.29, 1.82) is 5.26 Å². The number of aromatic nitrogens is 1. The maximum Gasteiger partial charge on any atom is 0.146 e. The van der Waals surface area contributed by atoms with Gasteiger partial charge in [0.2, 0.25) is 0 Å². The van der Waals surface area contributed by atoms with Crippen molar-refractivity contribution in [2.45, 2.75) is 19.9 Å². The Morgan fingerprint density at radius 2 is 1.88 bits per heavy atom. The average Bonchev–Trinajstić information content (AvgIpc) is 2.68. The molecule has 0 N–H and O–H groups in total. The molecule has 1 saturated heterocycles. The second-order valence-electron chi connectivity index (χ2n) is 6.24. The summed E-state index contributed by atoms with van der Waals surface area (Å²) in [6, 6.07) is 14.3. The van der Waals surface area contributed by atoms with Crippen molar-refractivity contribution >= 4 is 5.82 Å². The lowest BCUT2D eigenvalue weighted by molar-refractivity contribution is 0.249. The summed E-state index contributed by atoms with van der Waals surface area (Å²) < 4.78 is 5.63. The van der Waals surface area contributed by atoms with Crippen molar-refractivity contribution in [2.75, 3.05) is 37.7 Å². The summed E-state index contributed by atoms with van der Waals surface area (Å²) in [4.78, 5) is 9.03. The molecule has 0 unspecified atom stereocenters. The number of rotatable bonds is 6. The van der Waals surface area contributed by atoms with Crippen molar-refractivity contribution in [2.24, 2.45) is 0 Å². The van der Waals surface area contributed by atoms with E-state index in [0.29, 0.717) is 5.56 Å². The molecule has 0 amide bonds. The summed E-state index contributed by atoms with van der Waals surface area (Å²) in [7, 11) is 0. The Morgan fingerprint density at radius 3 is 2.56 bits per heavy atom. The molecule has 5 nitrogen and oxygen atoms in total. The molecule has 1 aromatic carbocycles. The molecule has 1 aromatic heterocycles. The molecule has 0 atom stereocenters. The molecule has 0 bridgehead atoms. The summed E-state index contributed by atoms with van der Waals surface area (Å²) in [6.07, 6.45) is 2.78. The van der Waals surface area contributed by atoms with Gasteiger partial charge in [-0.3, -0.25) is 4.90 Å². The molecule has 2 heterocycles. The van der Waals surface area contributed by atoms with Crippen molar-refractivity contribution < 1.29 is 4.74 Å². The molecule has 1 aliphatic heterocycles. The zero-order chi connectivity index (χ0) is 17.5. The Morgan fingerprint density at radius 1 is 1.12 bits per heavy atom. The highest BCUT2D eigenvalue weighted by Gasteiger charge is 2.20. The van der Waals surface area contributed by atoms with Crippen LogP contribution >= 0.6 is 0 Å². The molecule has 1 fully saturated rings. The van der Waals surface area contributed by atoms with E-state index in [1.807, 2.05) is 24.3 Å². The van der Waals surface area contributed by atoms with E-state index in [1.54, 1.807) is 6.20 Å². The molecule has 1 aliphatic rings. The second-order valence-corrected chi connectivity index (χ2v) is 6.24. The molecule has 0 saturated carbocycles. The van der Waals surface area contributed by atoms with Gasteiger partial charge in [-0.2, -0.15) is 5.26 Å². The van der Waals surface area contributed by atoms with Gasteiger partial charge in [-0.25, -0.2) is 4.98 Å². The first kappa shape index (κ1) is 17.2. The average molecular weight is 336 g/mol. The highest BCUT2D eigenvalue weighted by molar-refractivity contribution is 5.53. The monoisotopic (exact) mass is 336 g/mol. The minimum Gasteiger partial charge on any atom is -0.494 e. The van der Waals surface area contributed by atoms with Crippen LogP contribution in [0.2, 0.25) is 0 Å². The van der Waals surface area contributed by atoms with Gasteiger partial charge in [-0.15, -0.1) is 0 Å². The number of anilines is 1. The fourth-order valence-electron chi connectivity index (χ4n) is 3.02. The maximum atomic E-state index is 9.23. The zero-order valence-corrected chi connectivity index (χ0v) is 14.7. The Balaban J connectivity index is 1.53. The number of ether oxygens (including phenoxy) is 1. The summed E-state index contributed by atoms with van der Waals surface area (Å²) >= 11 is 0. The van der Waals surface area contributed by atoms with E-state index in [-0.39, 0.29) is 0 Å². The van der Waals surface area contributed by atoms with Crippen molar-refractivity contribution in [3.8, 4) is 11.8 Å². The number of hydrogen-bond acceptors (Lipinski definition) is 5. The number of hydrogen-bond donors (Lipinski definition) is 0. The predicted molar refractivity (Wildman–Crippen MR) is 98.7 cm³/mol. The van der Waals surface area contributed by atoms with E-state index in [2.05, 4.69) is 39.9 Å². The quantitative estimate of drug-likeness (QED) is 0.811. The molecule has 25 heavy (non-hydrogen) atoms. The first-order valence-corrected chi connectivity index (χ1v) is 8.84.